The van der Waals surface area contributed by atoms with Crippen LogP contribution in [-0.4, -0.2) is 17.9 Å². The number of nitro groups is 1. The highest BCUT2D eigenvalue weighted by molar-refractivity contribution is 14.1. The molecule has 124 valence electrons. The molecule has 0 fully saturated rings. The second-order valence-corrected chi connectivity index (χ2v) is 6.21. The van der Waals surface area contributed by atoms with Crippen LogP contribution in [-0.2, 0) is 4.79 Å². The number of anilines is 1. The maximum absolute atomic E-state index is 12.0. The molecule has 0 saturated carbocycles. The van der Waals surface area contributed by atoms with Gasteiger partial charge in [-0.15, -0.1) is 0 Å². The van der Waals surface area contributed by atoms with Gasteiger partial charge in [-0.3, -0.25) is 14.9 Å². The number of carbonyl (C=O) groups excluding carboxylic acids is 1. The van der Waals surface area contributed by atoms with E-state index in [-0.39, 0.29) is 11.6 Å². The van der Waals surface area contributed by atoms with Crippen LogP contribution in [0.5, 0.6) is 5.75 Å². The summed E-state index contributed by atoms with van der Waals surface area (Å²) in [4.78, 5) is 22.2. The molecule has 0 saturated heterocycles. The fraction of sp³-hybridized carbons (Fsp3) is 0.0625. The Hall–Kier alpha value is -2.13. The molecule has 0 unspecified atom stereocenters. The third-order valence-corrected chi connectivity index (χ3v) is 4.21. The SMILES string of the molecule is COc1ccc(/C=C/C(=O)Nc2ccc([N+](=O)[O-])cc2I)cc1Cl. The van der Waals surface area contributed by atoms with E-state index in [9.17, 15) is 14.9 Å². The summed E-state index contributed by atoms with van der Waals surface area (Å²) in [5, 5.41) is 13.8. The van der Waals surface area contributed by atoms with Gasteiger partial charge in [0.1, 0.15) is 5.75 Å². The topological polar surface area (TPSA) is 81.5 Å². The maximum Gasteiger partial charge on any atom is 0.270 e. The van der Waals surface area contributed by atoms with Crippen LogP contribution in [0.1, 0.15) is 5.56 Å². The second-order valence-electron chi connectivity index (χ2n) is 4.64. The van der Waals surface area contributed by atoms with Gasteiger partial charge in [-0.1, -0.05) is 17.7 Å². The molecule has 1 N–H and O–H groups in total. The van der Waals surface area contributed by atoms with Crippen LogP contribution in [0.4, 0.5) is 11.4 Å². The fourth-order valence-electron chi connectivity index (χ4n) is 1.85. The maximum atomic E-state index is 12.0. The zero-order chi connectivity index (χ0) is 17.7. The standard InChI is InChI=1S/C16H12ClIN2O4/c1-24-15-6-2-10(8-12(15)17)3-7-16(21)19-14-5-4-11(20(22)23)9-13(14)18/h2-9H,1H3,(H,19,21)/b7-3+. The summed E-state index contributed by atoms with van der Waals surface area (Å²) in [6.07, 6.45) is 2.97. The number of halogens is 2. The first-order chi connectivity index (χ1) is 11.4. The molecule has 0 bridgehead atoms. The Morgan fingerprint density at radius 1 is 1.33 bits per heavy atom. The Morgan fingerprint density at radius 2 is 2.08 bits per heavy atom. The van der Waals surface area contributed by atoms with Crippen molar-refractivity contribution in [2.45, 2.75) is 0 Å². The van der Waals surface area contributed by atoms with Crippen LogP contribution >= 0.6 is 34.2 Å². The van der Waals surface area contributed by atoms with E-state index >= 15 is 0 Å². The van der Waals surface area contributed by atoms with Gasteiger partial charge in [0.2, 0.25) is 5.91 Å². The van der Waals surface area contributed by atoms with Crippen LogP contribution < -0.4 is 10.1 Å². The summed E-state index contributed by atoms with van der Waals surface area (Å²) in [6, 6.07) is 9.38. The highest BCUT2D eigenvalue weighted by Crippen LogP contribution is 2.26. The summed E-state index contributed by atoms with van der Waals surface area (Å²) in [5.74, 6) is 0.201. The molecule has 0 atom stereocenters. The summed E-state index contributed by atoms with van der Waals surface area (Å²) < 4.78 is 5.64. The van der Waals surface area contributed by atoms with E-state index in [0.29, 0.717) is 20.0 Å². The van der Waals surface area contributed by atoms with Gasteiger partial charge in [0.15, 0.2) is 0 Å². The number of amides is 1. The highest BCUT2D eigenvalue weighted by Gasteiger charge is 2.10. The van der Waals surface area contributed by atoms with Crippen molar-refractivity contribution in [3.05, 3.63) is 66.7 Å². The molecule has 0 aliphatic carbocycles. The number of nitro benzene ring substituents is 1. The molecule has 1 amide bonds. The molecule has 2 rings (SSSR count). The van der Waals surface area contributed by atoms with Crippen molar-refractivity contribution in [1.82, 2.24) is 0 Å². The number of nitrogens with one attached hydrogen (secondary N) is 1. The lowest BCUT2D eigenvalue weighted by molar-refractivity contribution is -0.384. The largest absolute Gasteiger partial charge is 0.495 e. The molecule has 0 aliphatic heterocycles. The Balaban J connectivity index is 2.08. The molecule has 0 radical (unpaired) electrons. The number of benzene rings is 2. The number of ether oxygens (including phenoxy) is 1. The van der Waals surface area contributed by atoms with Crippen molar-refractivity contribution >= 4 is 57.5 Å². The first-order valence-corrected chi connectivity index (χ1v) is 8.13. The summed E-state index contributed by atoms with van der Waals surface area (Å²) in [6.45, 7) is 0. The van der Waals surface area contributed by atoms with Crippen molar-refractivity contribution in [1.29, 1.82) is 0 Å². The monoisotopic (exact) mass is 458 g/mol. The van der Waals surface area contributed by atoms with E-state index in [0.717, 1.165) is 5.56 Å². The Morgan fingerprint density at radius 3 is 2.67 bits per heavy atom. The Labute approximate surface area is 156 Å². The van der Waals surface area contributed by atoms with Crippen molar-refractivity contribution in [3.8, 4) is 5.75 Å². The lowest BCUT2D eigenvalue weighted by Gasteiger charge is -2.05. The van der Waals surface area contributed by atoms with Gasteiger partial charge < -0.3 is 10.1 Å². The highest BCUT2D eigenvalue weighted by atomic mass is 127. The molecular formula is C16H12ClIN2O4. The number of carbonyl (C=O) groups is 1. The average Bonchev–Trinajstić information content (AvgIpc) is 2.54. The van der Waals surface area contributed by atoms with E-state index in [1.807, 2.05) is 22.6 Å². The minimum absolute atomic E-state index is 0.0270. The first kappa shape index (κ1) is 18.2. The van der Waals surface area contributed by atoms with E-state index in [4.69, 9.17) is 16.3 Å². The van der Waals surface area contributed by atoms with Gasteiger partial charge in [-0.2, -0.15) is 0 Å². The molecule has 2 aromatic rings. The van der Waals surface area contributed by atoms with Gasteiger partial charge in [0, 0.05) is 21.8 Å². The van der Waals surface area contributed by atoms with Crippen molar-refractivity contribution in [2.75, 3.05) is 12.4 Å². The third kappa shape index (κ3) is 4.68. The van der Waals surface area contributed by atoms with Crippen LogP contribution in [0, 0.1) is 13.7 Å². The molecule has 6 nitrogen and oxygen atoms in total. The fourth-order valence-corrected chi connectivity index (χ4v) is 2.75. The predicted molar refractivity (Wildman–Crippen MR) is 101 cm³/mol. The van der Waals surface area contributed by atoms with Crippen molar-refractivity contribution < 1.29 is 14.5 Å². The lowest BCUT2D eigenvalue weighted by Crippen LogP contribution is -2.09. The number of nitrogens with zero attached hydrogens (tertiary/aromatic N) is 1. The quantitative estimate of drug-likeness (QED) is 0.309. The summed E-state index contributed by atoms with van der Waals surface area (Å²) in [5.41, 5.74) is 1.22. The van der Waals surface area contributed by atoms with Gasteiger partial charge in [0.25, 0.3) is 5.69 Å². The predicted octanol–water partition coefficient (Wildman–Crippen LogP) is 4.51. The van der Waals surface area contributed by atoms with Crippen LogP contribution in [0.25, 0.3) is 6.08 Å². The van der Waals surface area contributed by atoms with E-state index < -0.39 is 4.92 Å². The lowest BCUT2D eigenvalue weighted by atomic mass is 10.2. The van der Waals surface area contributed by atoms with Gasteiger partial charge in [0.05, 0.1) is 22.7 Å². The number of rotatable bonds is 5. The molecule has 8 heteroatoms. The molecule has 0 heterocycles. The van der Waals surface area contributed by atoms with Crippen molar-refractivity contribution in [2.24, 2.45) is 0 Å². The Bertz CT molecular complexity index is 824. The molecule has 24 heavy (non-hydrogen) atoms. The molecule has 2 aromatic carbocycles. The first-order valence-electron chi connectivity index (χ1n) is 6.67. The molecule has 0 spiro atoms. The van der Waals surface area contributed by atoms with Gasteiger partial charge >= 0.3 is 0 Å². The zero-order valence-electron chi connectivity index (χ0n) is 12.5. The zero-order valence-corrected chi connectivity index (χ0v) is 15.4. The number of non-ortho nitro benzene ring substituents is 1. The number of hydrogen-bond donors (Lipinski definition) is 1. The minimum atomic E-state index is -0.485. The number of hydrogen-bond acceptors (Lipinski definition) is 4. The summed E-state index contributed by atoms with van der Waals surface area (Å²) >= 11 is 7.95. The normalized spacial score (nSPS) is 10.6. The van der Waals surface area contributed by atoms with Crippen LogP contribution in [0.15, 0.2) is 42.5 Å². The van der Waals surface area contributed by atoms with E-state index in [1.54, 1.807) is 24.3 Å². The minimum Gasteiger partial charge on any atom is -0.495 e. The summed E-state index contributed by atoms with van der Waals surface area (Å²) in [7, 11) is 1.52. The van der Waals surface area contributed by atoms with Crippen molar-refractivity contribution in [3.63, 3.8) is 0 Å². The van der Waals surface area contributed by atoms with Gasteiger partial charge in [-0.05, 0) is 52.4 Å². The van der Waals surface area contributed by atoms with Gasteiger partial charge in [-0.25, -0.2) is 0 Å². The molecule has 0 aliphatic rings. The molecular weight excluding hydrogens is 447 g/mol. The second kappa shape index (κ2) is 8.11. The van der Waals surface area contributed by atoms with E-state index in [1.165, 1.54) is 31.4 Å². The smallest absolute Gasteiger partial charge is 0.270 e. The average molecular weight is 459 g/mol. The molecule has 0 aromatic heterocycles. The third-order valence-electron chi connectivity index (χ3n) is 3.02. The number of methoxy groups -OCH3 is 1. The van der Waals surface area contributed by atoms with E-state index in [2.05, 4.69) is 5.32 Å². The van der Waals surface area contributed by atoms with Crippen LogP contribution in [0.2, 0.25) is 5.02 Å². The Kier molecular flexibility index (Phi) is 6.16. The van der Waals surface area contributed by atoms with Crippen LogP contribution in [0.3, 0.4) is 0 Å².